The fourth-order valence-corrected chi connectivity index (χ4v) is 2.56. The number of hydrogen-bond donors (Lipinski definition) is 0. The number of carbonyl (C=O) groups is 1. The van der Waals surface area contributed by atoms with Gasteiger partial charge in [-0.2, -0.15) is 4.31 Å². The topological polar surface area (TPSA) is 76.2 Å². The highest BCUT2D eigenvalue weighted by Crippen LogP contribution is 2.30. The molecule has 1 amide bonds. The molecule has 0 aromatic heterocycles. The fraction of sp³-hybridized carbons (Fsp3) is 0.533. The number of nitrogens with zero attached hydrogens (tertiary/aromatic N) is 2. The SMILES string of the molecule is CCN(C[C@@H]1COc2ccccc2O1)C(=O)CN(C)S(C)(=O)=O. The van der Waals surface area contributed by atoms with Crippen LogP contribution in [0.4, 0.5) is 0 Å². The van der Waals surface area contributed by atoms with Gasteiger partial charge >= 0.3 is 0 Å². The van der Waals surface area contributed by atoms with Crippen molar-refractivity contribution in [2.24, 2.45) is 0 Å². The summed E-state index contributed by atoms with van der Waals surface area (Å²) in [5, 5.41) is 0. The molecular weight excluding hydrogens is 320 g/mol. The predicted octanol–water partition coefficient (Wildman–Crippen LogP) is 0.566. The van der Waals surface area contributed by atoms with Crippen molar-refractivity contribution in [2.75, 3.05) is 39.5 Å². The van der Waals surface area contributed by atoms with Crippen molar-refractivity contribution < 1.29 is 22.7 Å². The second-order valence-electron chi connectivity index (χ2n) is 5.45. The summed E-state index contributed by atoms with van der Waals surface area (Å²) in [5.41, 5.74) is 0. The molecule has 1 aliphatic heterocycles. The Kier molecular flexibility index (Phi) is 5.48. The Morgan fingerprint density at radius 3 is 2.57 bits per heavy atom. The van der Waals surface area contributed by atoms with E-state index in [9.17, 15) is 13.2 Å². The first-order valence-corrected chi connectivity index (χ1v) is 9.23. The fourth-order valence-electron chi connectivity index (χ4n) is 2.21. The highest BCUT2D eigenvalue weighted by atomic mass is 32.2. The molecule has 8 heteroatoms. The maximum atomic E-state index is 12.3. The van der Waals surface area contributed by atoms with Gasteiger partial charge in [-0.1, -0.05) is 12.1 Å². The summed E-state index contributed by atoms with van der Waals surface area (Å²) in [5.74, 6) is 1.08. The molecule has 1 aromatic rings. The van der Waals surface area contributed by atoms with Crippen molar-refractivity contribution in [2.45, 2.75) is 13.0 Å². The number of carbonyl (C=O) groups excluding carboxylic acids is 1. The van der Waals surface area contributed by atoms with Gasteiger partial charge < -0.3 is 14.4 Å². The van der Waals surface area contributed by atoms with Crippen LogP contribution in [0.3, 0.4) is 0 Å². The summed E-state index contributed by atoms with van der Waals surface area (Å²) in [6.45, 7) is 2.83. The highest BCUT2D eigenvalue weighted by Gasteiger charge is 2.26. The lowest BCUT2D eigenvalue weighted by Gasteiger charge is -2.31. The number of benzene rings is 1. The maximum absolute atomic E-state index is 12.3. The summed E-state index contributed by atoms with van der Waals surface area (Å²) >= 11 is 0. The molecule has 1 aliphatic rings. The number of rotatable bonds is 6. The van der Waals surface area contributed by atoms with Crippen LogP contribution in [0, 0.1) is 0 Å². The molecule has 0 fully saturated rings. The van der Waals surface area contributed by atoms with Gasteiger partial charge in [-0.05, 0) is 19.1 Å². The van der Waals surface area contributed by atoms with Gasteiger partial charge in [0, 0.05) is 13.6 Å². The number of amides is 1. The molecule has 0 aliphatic carbocycles. The van der Waals surface area contributed by atoms with Crippen LogP contribution in [0.15, 0.2) is 24.3 Å². The van der Waals surface area contributed by atoms with Crippen molar-refractivity contribution in [3.63, 3.8) is 0 Å². The van der Waals surface area contributed by atoms with Crippen LogP contribution >= 0.6 is 0 Å². The minimum absolute atomic E-state index is 0.184. The summed E-state index contributed by atoms with van der Waals surface area (Å²) in [6.07, 6.45) is 0.795. The average molecular weight is 342 g/mol. The van der Waals surface area contributed by atoms with E-state index in [1.54, 1.807) is 4.90 Å². The van der Waals surface area contributed by atoms with Crippen molar-refractivity contribution in [3.8, 4) is 11.5 Å². The van der Waals surface area contributed by atoms with Gasteiger partial charge in [0.15, 0.2) is 17.6 Å². The second-order valence-corrected chi connectivity index (χ2v) is 7.54. The smallest absolute Gasteiger partial charge is 0.238 e. The van der Waals surface area contributed by atoms with Crippen LogP contribution in [0.5, 0.6) is 11.5 Å². The van der Waals surface area contributed by atoms with E-state index in [4.69, 9.17) is 9.47 Å². The van der Waals surface area contributed by atoms with E-state index in [2.05, 4.69) is 0 Å². The molecule has 1 aromatic carbocycles. The summed E-state index contributed by atoms with van der Waals surface area (Å²) < 4.78 is 35.3. The third kappa shape index (κ3) is 4.59. The highest BCUT2D eigenvalue weighted by molar-refractivity contribution is 7.88. The van der Waals surface area contributed by atoms with Gasteiger partial charge in [0.2, 0.25) is 15.9 Å². The maximum Gasteiger partial charge on any atom is 0.238 e. The van der Waals surface area contributed by atoms with Crippen LogP contribution in [0.1, 0.15) is 6.92 Å². The number of ether oxygens (including phenoxy) is 2. The molecule has 0 spiro atoms. The summed E-state index contributed by atoms with van der Waals surface area (Å²) in [7, 11) is -2.00. The van der Waals surface area contributed by atoms with Crippen LogP contribution < -0.4 is 9.47 Å². The third-order valence-corrected chi connectivity index (χ3v) is 4.91. The summed E-state index contributed by atoms with van der Waals surface area (Å²) in [6, 6.07) is 7.37. The molecule has 23 heavy (non-hydrogen) atoms. The Hall–Kier alpha value is -1.80. The minimum Gasteiger partial charge on any atom is -0.486 e. The van der Waals surface area contributed by atoms with Gasteiger partial charge in [-0.3, -0.25) is 4.79 Å². The van der Waals surface area contributed by atoms with E-state index in [1.165, 1.54) is 7.05 Å². The standard InChI is InChI=1S/C15H22N2O5S/c1-4-17(15(18)10-16(2)23(3,19)20)9-12-11-21-13-7-5-6-8-14(13)22-12/h5-8,12H,4,9-11H2,1-3H3/t12-/m1/s1. The quantitative estimate of drug-likeness (QED) is 0.755. The van der Waals surface area contributed by atoms with Crippen LogP contribution in [-0.4, -0.2) is 69.2 Å². The van der Waals surface area contributed by atoms with E-state index in [1.807, 2.05) is 31.2 Å². The lowest BCUT2D eigenvalue weighted by molar-refractivity contribution is -0.132. The van der Waals surface area contributed by atoms with Crippen molar-refractivity contribution in [3.05, 3.63) is 24.3 Å². The number of para-hydroxylation sites is 2. The molecule has 2 rings (SSSR count). The Bertz CT molecular complexity index is 662. The number of likely N-dealkylation sites (N-methyl/N-ethyl adjacent to an activating group) is 2. The Morgan fingerprint density at radius 2 is 1.96 bits per heavy atom. The molecular formula is C15H22N2O5S. The Morgan fingerprint density at radius 1 is 1.30 bits per heavy atom. The molecule has 1 heterocycles. The van der Waals surface area contributed by atoms with Gasteiger partial charge in [-0.25, -0.2) is 8.42 Å². The van der Waals surface area contributed by atoms with Crippen molar-refractivity contribution in [1.29, 1.82) is 0 Å². The molecule has 0 radical (unpaired) electrons. The van der Waals surface area contributed by atoms with Crippen molar-refractivity contribution >= 4 is 15.9 Å². The first kappa shape index (κ1) is 17.6. The van der Waals surface area contributed by atoms with Gasteiger partial charge in [-0.15, -0.1) is 0 Å². The molecule has 0 bridgehead atoms. The molecule has 1 atom stereocenters. The van der Waals surface area contributed by atoms with E-state index in [0.29, 0.717) is 31.2 Å². The molecule has 0 unspecified atom stereocenters. The Labute approximate surface area is 136 Å². The lowest BCUT2D eigenvalue weighted by atomic mass is 10.2. The Balaban J connectivity index is 1.96. The van der Waals surface area contributed by atoms with Crippen LogP contribution in [0.25, 0.3) is 0 Å². The predicted molar refractivity (Wildman–Crippen MR) is 86.1 cm³/mol. The number of fused-ring (bicyclic) bond motifs is 1. The zero-order chi connectivity index (χ0) is 17.0. The molecule has 0 saturated carbocycles. The van der Waals surface area contributed by atoms with Crippen LogP contribution in [-0.2, 0) is 14.8 Å². The van der Waals surface area contributed by atoms with Gasteiger partial charge in [0.05, 0.1) is 19.3 Å². The zero-order valence-electron chi connectivity index (χ0n) is 13.6. The van der Waals surface area contributed by atoms with Gasteiger partial charge in [0.1, 0.15) is 6.61 Å². The largest absolute Gasteiger partial charge is 0.486 e. The molecule has 0 N–H and O–H groups in total. The minimum atomic E-state index is -3.38. The monoisotopic (exact) mass is 342 g/mol. The molecule has 7 nitrogen and oxygen atoms in total. The second kappa shape index (κ2) is 7.18. The third-order valence-electron chi connectivity index (χ3n) is 3.65. The van der Waals surface area contributed by atoms with E-state index < -0.39 is 10.0 Å². The van der Waals surface area contributed by atoms with Crippen molar-refractivity contribution in [1.82, 2.24) is 9.21 Å². The zero-order valence-corrected chi connectivity index (χ0v) is 14.4. The molecule has 0 saturated heterocycles. The first-order valence-electron chi connectivity index (χ1n) is 7.38. The van der Waals surface area contributed by atoms with E-state index in [0.717, 1.165) is 10.6 Å². The normalized spacial score (nSPS) is 17.1. The van der Waals surface area contributed by atoms with E-state index in [-0.39, 0.29) is 18.6 Å². The lowest BCUT2D eigenvalue weighted by Crippen LogP contribution is -2.47. The number of hydrogen-bond acceptors (Lipinski definition) is 5. The van der Waals surface area contributed by atoms with E-state index >= 15 is 0 Å². The average Bonchev–Trinajstić information content (AvgIpc) is 2.51. The summed E-state index contributed by atoms with van der Waals surface area (Å²) in [4.78, 5) is 13.8. The molecule has 128 valence electrons. The first-order chi connectivity index (χ1) is 10.8. The number of sulfonamides is 1. The van der Waals surface area contributed by atoms with Gasteiger partial charge in [0.25, 0.3) is 0 Å². The van der Waals surface area contributed by atoms with Crippen LogP contribution in [0.2, 0.25) is 0 Å².